The van der Waals surface area contributed by atoms with Crippen LogP contribution in [0.1, 0.15) is 5.56 Å². The first kappa shape index (κ1) is 11.6. The molecular weight excluding hydrogens is 232 g/mol. The molecule has 0 nitrogen and oxygen atoms in total. The molecule has 0 spiro atoms. The summed E-state index contributed by atoms with van der Waals surface area (Å²) in [5.41, 5.74) is 0.612. The minimum absolute atomic E-state index is 0.374. The van der Waals surface area contributed by atoms with E-state index in [0.29, 0.717) is 11.1 Å². The number of alkyl halides is 3. The number of rotatable bonds is 1. The van der Waals surface area contributed by atoms with Crippen LogP contribution in [0.2, 0.25) is 0 Å². The van der Waals surface area contributed by atoms with Crippen molar-refractivity contribution in [2.24, 2.45) is 0 Å². The van der Waals surface area contributed by atoms with Crippen LogP contribution in [0, 0.1) is 5.82 Å². The summed E-state index contributed by atoms with van der Waals surface area (Å²) >= 11 is 0. The first-order valence-electron chi connectivity index (χ1n) is 4.90. The predicted molar refractivity (Wildman–Crippen MR) is 56.8 cm³/mol. The molecule has 0 aliphatic rings. The maximum Gasteiger partial charge on any atom is 0.416 e. The Hall–Kier alpha value is -1.84. The van der Waals surface area contributed by atoms with Gasteiger partial charge >= 0.3 is 6.18 Å². The second-order valence-electron chi connectivity index (χ2n) is 3.58. The summed E-state index contributed by atoms with van der Waals surface area (Å²) in [5.74, 6) is -0.374. The topological polar surface area (TPSA) is 0 Å². The van der Waals surface area contributed by atoms with Gasteiger partial charge in [0.2, 0.25) is 0 Å². The zero-order valence-corrected chi connectivity index (χ0v) is 8.63. The van der Waals surface area contributed by atoms with Gasteiger partial charge in [-0.1, -0.05) is 24.3 Å². The summed E-state index contributed by atoms with van der Waals surface area (Å²) < 4.78 is 49.7. The molecule has 0 amide bonds. The van der Waals surface area contributed by atoms with Crippen molar-refractivity contribution in [2.45, 2.75) is 6.18 Å². The van der Waals surface area contributed by atoms with E-state index in [4.69, 9.17) is 0 Å². The number of benzene rings is 2. The third kappa shape index (κ3) is 2.64. The molecule has 0 bridgehead atoms. The molecule has 0 radical (unpaired) electrons. The summed E-state index contributed by atoms with van der Waals surface area (Å²) in [6.07, 6.45) is -4.33. The molecule has 4 heteroatoms. The fourth-order valence-corrected chi connectivity index (χ4v) is 1.49. The van der Waals surface area contributed by atoms with E-state index >= 15 is 0 Å². The van der Waals surface area contributed by atoms with Crippen LogP contribution in [0.15, 0.2) is 48.5 Å². The fourth-order valence-electron chi connectivity index (χ4n) is 1.49. The highest BCUT2D eigenvalue weighted by molar-refractivity contribution is 5.63. The largest absolute Gasteiger partial charge is 0.416 e. The quantitative estimate of drug-likeness (QED) is 0.643. The van der Waals surface area contributed by atoms with Crippen LogP contribution in [-0.4, -0.2) is 0 Å². The normalized spacial score (nSPS) is 11.5. The zero-order chi connectivity index (χ0) is 12.5. The Bertz CT molecular complexity index is 494. The van der Waals surface area contributed by atoms with Gasteiger partial charge < -0.3 is 0 Å². The summed E-state index contributed by atoms with van der Waals surface area (Å²) in [6, 6.07) is 10.4. The molecule has 0 saturated carbocycles. The SMILES string of the molecule is Fc1ccc(-c2ccc(C(F)(F)F)cc2)cc1. The van der Waals surface area contributed by atoms with Gasteiger partial charge in [0.25, 0.3) is 0 Å². The second-order valence-corrected chi connectivity index (χ2v) is 3.58. The summed E-state index contributed by atoms with van der Waals surface area (Å²) in [7, 11) is 0. The Balaban J connectivity index is 2.33. The van der Waals surface area contributed by atoms with Crippen LogP contribution in [0.3, 0.4) is 0 Å². The highest BCUT2D eigenvalue weighted by Gasteiger charge is 2.29. The van der Waals surface area contributed by atoms with Crippen molar-refractivity contribution < 1.29 is 17.6 Å². The van der Waals surface area contributed by atoms with Gasteiger partial charge in [-0.3, -0.25) is 0 Å². The summed E-state index contributed by atoms with van der Waals surface area (Å²) in [5, 5.41) is 0. The Morgan fingerprint density at radius 1 is 0.647 bits per heavy atom. The van der Waals surface area contributed by atoms with Gasteiger partial charge in [0, 0.05) is 0 Å². The minimum atomic E-state index is -4.33. The Morgan fingerprint density at radius 2 is 1.06 bits per heavy atom. The molecule has 2 rings (SSSR count). The van der Waals surface area contributed by atoms with Crippen molar-refractivity contribution in [3.63, 3.8) is 0 Å². The monoisotopic (exact) mass is 240 g/mol. The van der Waals surface area contributed by atoms with Crippen LogP contribution in [-0.2, 0) is 6.18 Å². The molecule has 0 N–H and O–H groups in total. The highest BCUT2D eigenvalue weighted by Crippen LogP contribution is 2.30. The highest BCUT2D eigenvalue weighted by atomic mass is 19.4. The van der Waals surface area contributed by atoms with Crippen LogP contribution < -0.4 is 0 Å². The maximum atomic E-state index is 12.7. The van der Waals surface area contributed by atoms with E-state index in [1.54, 1.807) is 0 Å². The molecule has 2 aromatic carbocycles. The van der Waals surface area contributed by atoms with Crippen LogP contribution >= 0.6 is 0 Å². The average Bonchev–Trinajstić information content (AvgIpc) is 2.29. The second kappa shape index (κ2) is 4.20. The summed E-state index contributed by atoms with van der Waals surface area (Å²) in [4.78, 5) is 0. The molecule has 0 aliphatic carbocycles. The van der Waals surface area contributed by atoms with Crippen LogP contribution in [0.25, 0.3) is 11.1 Å². The van der Waals surface area contributed by atoms with Gasteiger partial charge in [-0.2, -0.15) is 13.2 Å². The van der Waals surface area contributed by atoms with Crippen LogP contribution in [0.4, 0.5) is 17.6 Å². The Labute approximate surface area is 95.5 Å². The minimum Gasteiger partial charge on any atom is -0.207 e. The molecule has 17 heavy (non-hydrogen) atoms. The summed E-state index contributed by atoms with van der Waals surface area (Å²) in [6.45, 7) is 0. The van der Waals surface area contributed by atoms with E-state index in [0.717, 1.165) is 12.1 Å². The Kier molecular flexibility index (Phi) is 2.88. The van der Waals surface area contributed by atoms with E-state index in [2.05, 4.69) is 0 Å². The lowest BCUT2D eigenvalue weighted by Crippen LogP contribution is -2.03. The van der Waals surface area contributed by atoms with Crippen molar-refractivity contribution in [2.75, 3.05) is 0 Å². The van der Waals surface area contributed by atoms with E-state index < -0.39 is 11.7 Å². The molecule has 0 unspecified atom stereocenters. The van der Waals surface area contributed by atoms with Gasteiger partial charge in [0.15, 0.2) is 0 Å². The van der Waals surface area contributed by atoms with Gasteiger partial charge in [0.1, 0.15) is 5.82 Å². The maximum absolute atomic E-state index is 12.7. The zero-order valence-electron chi connectivity index (χ0n) is 8.63. The lowest BCUT2D eigenvalue weighted by Gasteiger charge is -2.07. The molecular formula is C13H8F4. The van der Waals surface area contributed by atoms with E-state index in [1.165, 1.54) is 36.4 Å². The lowest BCUT2D eigenvalue weighted by molar-refractivity contribution is -0.137. The van der Waals surface area contributed by atoms with Crippen LogP contribution in [0.5, 0.6) is 0 Å². The Morgan fingerprint density at radius 3 is 1.47 bits per heavy atom. The molecule has 0 fully saturated rings. The molecule has 0 aromatic heterocycles. The molecule has 0 heterocycles. The van der Waals surface area contributed by atoms with Crippen molar-refractivity contribution >= 4 is 0 Å². The smallest absolute Gasteiger partial charge is 0.207 e. The van der Waals surface area contributed by atoms with Gasteiger partial charge in [-0.25, -0.2) is 4.39 Å². The number of halogens is 4. The van der Waals surface area contributed by atoms with Crippen molar-refractivity contribution in [3.8, 4) is 11.1 Å². The third-order valence-corrected chi connectivity index (χ3v) is 2.39. The predicted octanol–water partition coefficient (Wildman–Crippen LogP) is 4.51. The first-order valence-corrected chi connectivity index (χ1v) is 4.90. The molecule has 88 valence electrons. The molecule has 2 aromatic rings. The van der Waals surface area contributed by atoms with Crippen molar-refractivity contribution in [1.29, 1.82) is 0 Å². The number of hydrogen-bond acceptors (Lipinski definition) is 0. The standard InChI is InChI=1S/C13H8F4/c14-12-7-3-10(4-8-12)9-1-5-11(6-2-9)13(15,16)17/h1-8H. The fraction of sp³-hybridized carbons (Fsp3) is 0.0769. The van der Waals surface area contributed by atoms with E-state index in [9.17, 15) is 17.6 Å². The van der Waals surface area contributed by atoms with E-state index in [-0.39, 0.29) is 5.82 Å². The van der Waals surface area contributed by atoms with Gasteiger partial charge in [-0.05, 0) is 35.4 Å². The van der Waals surface area contributed by atoms with E-state index in [1.807, 2.05) is 0 Å². The van der Waals surface area contributed by atoms with Gasteiger partial charge in [0.05, 0.1) is 5.56 Å². The third-order valence-electron chi connectivity index (χ3n) is 2.39. The van der Waals surface area contributed by atoms with Crippen molar-refractivity contribution in [1.82, 2.24) is 0 Å². The average molecular weight is 240 g/mol. The first-order chi connectivity index (χ1) is 7.97. The van der Waals surface area contributed by atoms with Crippen molar-refractivity contribution in [3.05, 3.63) is 59.9 Å². The molecule has 0 atom stereocenters. The lowest BCUT2D eigenvalue weighted by atomic mass is 10.0. The van der Waals surface area contributed by atoms with Gasteiger partial charge in [-0.15, -0.1) is 0 Å². The molecule has 0 saturated heterocycles. The molecule has 0 aliphatic heterocycles. The number of hydrogen-bond donors (Lipinski definition) is 0.